The average Bonchev–Trinajstić information content (AvgIpc) is 3.03. The van der Waals surface area contributed by atoms with Gasteiger partial charge in [0.2, 0.25) is 0 Å². The minimum Gasteiger partial charge on any atom is -0.379 e. The second kappa shape index (κ2) is 10.7. The summed E-state index contributed by atoms with van der Waals surface area (Å²) >= 11 is 0. The van der Waals surface area contributed by atoms with Gasteiger partial charge in [-0.15, -0.1) is 24.0 Å². The molecule has 1 aromatic carbocycles. The van der Waals surface area contributed by atoms with Gasteiger partial charge in [-0.05, 0) is 30.2 Å². The highest BCUT2D eigenvalue weighted by molar-refractivity contribution is 14.0. The maximum Gasteiger partial charge on any atom is 0.191 e. The summed E-state index contributed by atoms with van der Waals surface area (Å²) in [6.45, 7) is 6.18. The van der Waals surface area contributed by atoms with Gasteiger partial charge in [0.05, 0.1) is 13.2 Å². The van der Waals surface area contributed by atoms with E-state index < -0.39 is 0 Å². The Kier molecular flexibility index (Phi) is 8.60. The standard InChI is InChI=1S/C18H26FN5O.HI/c1-20-18(22-6-7-24-8-10-25-11-9-24)21-5-4-14-13-23-17-3-2-15(19)12-16(14)17;/h2-3,12-13,23H,4-11H2,1H3,(H2,20,21,22);1H. The van der Waals surface area contributed by atoms with Crippen molar-refractivity contribution in [2.45, 2.75) is 6.42 Å². The van der Waals surface area contributed by atoms with Crippen LogP contribution >= 0.6 is 24.0 Å². The molecule has 0 saturated carbocycles. The van der Waals surface area contributed by atoms with Crippen LogP contribution in [0.15, 0.2) is 29.4 Å². The quantitative estimate of drug-likeness (QED) is 0.340. The number of halogens is 2. The monoisotopic (exact) mass is 475 g/mol. The number of aromatic amines is 1. The number of benzene rings is 1. The molecule has 1 aromatic heterocycles. The van der Waals surface area contributed by atoms with Gasteiger partial charge in [0.15, 0.2) is 5.96 Å². The first kappa shape index (κ1) is 20.9. The minimum absolute atomic E-state index is 0. The zero-order chi connectivity index (χ0) is 17.5. The van der Waals surface area contributed by atoms with Gasteiger partial charge in [0.25, 0.3) is 0 Å². The van der Waals surface area contributed by atoms with Crippen molar-refractivity contribution in [1.29, 1.82) is 0 Å². The van der Waals surface area contributed by atoms with Crippen molar-refractivity contribution < 1.29 is 9.13 Å². The van der Waals surface area contributed by atoms with Crippen LogP contribution in [0.5, 0.6) is 0 Å². The lowest BCUT2D eigenvalue weighted by Gasteiger charge is -2.26. The molecule has 1 aliphatic rings. The molecular formula is C18H27FIN5O. The van der Waals surface area contributed by atoms with Gasteiger partial charge in [-0.3, -0.25) is 9.89 Å². The Bertz CT molecular complexity index is 715. The van der Waals surface area contributed by atoms with E-state index in [-0.39, 0.29) is 29.8 Å². The number of hydrogen-bond donors (Lipinski definition) is 3. The largest absolute Gasteiger partial charge is 0.379 e. The molecular weight excluding hydrogens is 448 g/mol. The predicted octanol–water partition coefficient (Wildman–Crippen LogP) is 1.96. The van der Waals surface area contributed by atoms with Gasteiger partial charge in [-0.25, -0.2) is 4.39 Å². The van der Waals surface area contributed by atoms with E-state index in [4.69, 9.17) is 4.74 Å². The summed E-state index contributed by atoms with van der Waals surface area (Å²) in [4.78, 5) is 9.81. The first-order valence-corrected chi connectivity index (χ1v) is 8.76. The Morgan fingerprint density at radius 3 is 2.81 bits per heavy atom. The van der Waals surface area contributed by atoms with Gasteiger partial charge in [-0.2, -0.15) is 0 Å². The average molecular weight is 475 g/mol. The molecule has 3 rings (SSSR count). The Balaban J connectivity index is 0.00000243. The fourth-order valence-corrected chi connectivity index (χ4v) is 3.05. The van der Waals surface area contributed by atoms with Gasteiger partial charge >= 0.3 is 0 Å². The Hall–Kier alpha value is -1.39. The second-order valence-corrected chi connectivity index (χ2v) is 6.13. The van der Waals surface area contributed by atoms with Crippen LogP contribution < -0.4 is 10.6 Å². The molecule has 8 heteroatoms. The van der Waals surface area contributed by atoms with Gasteiger partial charge < -0.3 is 20.4 Å². The Labute approximate surface area is 170 Å². The van der Waals surface area contributed by atoms with Gasteiger partial charge in [0, 0.05) is 56.9 Å². The Morgan fingerprint density at radius 1 is 1.27 bits per heavy atom. The second-order valence-electron chi connectivity index (χ2n) is 6.13. The van der Waals surface area contributed by atoms with E-state index in [2.05, 4.69) is 25.5 Å². The first-order chi connectivity index (χ1) is 12.3. The number of H-pyrrole nitrogens is 1. The topological polar surface area (TPSA) is 64.7 Å². The summed E-state index contributed by atoms with van der Waals surface area (Å²) < 4.78 is 18.8. The van der Waals surface area contributed by atoms with Gasteiger partial charge in [-0.1, -0.05) is 0 Å². The molecule has 0 radical (unpaired) electrons. The molecule has 0 atom stereocenters. The van der Waals surface area contributed by atoms with Gasteiger partial charge in [0.1, 0.15) is 5.82 Å². The van der Waals surface area contributed by atoms with E-state index >= 15 is 0 Å². The third-order valence-corrected chi connectivity index (χ3v) is 4.46. The summed E-state index contributed by atoms with van der Waals surface area (Å²) in [6.07, 6.45) is 2.74. The molecule has 0 spiro atoms. The highest BCUT2D eigenvalue weighted by Crippen LogP contribution is 2.19. The van der Waals surface area contributed by atoms with Crippen molar-refractivity contribution in [3.63, 3.8) is 0 Å². The van der Waals surface area contributed by atoms with Crippen LogP contribution in [0.4, 0.5) is 4.39 Å². The third kappa shape index (κ3) is 5.82. The van der Waals surface area contributed by atoms with Crippen LogP contribution in [0.2, 0.25) is 0 Å². The summed E-state index contributed by atoms with van der Waals surface area (Å²) in [5, 5.41) is 7.59. The molecule has 3 N–H and O–H groups in total. The fourth-order valence-electron chi connectivity index (χ4n) is 3.05. The van der Waals surface area contributed by atoms with Crippen LogP contribution in [-0.2, 0) is 11.2 Å². The van der Waals surface area contributed by atoms with Crippen molar-refractivity contribution in [3.05, 3.63) is 35.8 Å². The molecule has 0 bridgehead atoms. The van der Waals surface area contributed by atoms with Crippen molar-refractivity contribution in [3.8, 4) is 0 Å². The number of morpholine rings is 1. The molecule has 1 fully saturated rings. The molecule has 144 valence electrons. The number of aromatic nitrogens is 1. The lowest BCUT2D eigenvalue weighted by molar-refractivity contribution is 0.0389. The number of nitrogens with one attached hydrogen (secondary N) is 3. The molecule has 2 heterocycles. The lowest BCUT2D eigenvalue weighted by atomic mass is 10.1. The number of nitrogens with zero attached hydrogens (tertiary/aromatic N) is 2. The summed E-state index contributed by atoms with van der Waals surface area (Å²) in [5.74, 6) is 0.584. The number of guanidine groups is 1. The summed E-state index contributed by atoms with van der Waals surface area (Å²) in [6, 6.07) is 4.82. The van der Waals surface area contributed by atoms with Crippen molar-refractivity contribution >= 4 is 40.8 Å². The summed E-state index contributed by atoms with van der Waals surface area (Å²) in [7, 11) is 1.77. The predicted molar refractivity (Wildman–Crippen MR) is 114 cm³/mol. The van der Waals surface area contributed by atoms with Crippen LogP contribution in [0, 0.1) is 5.82 Å². The van der Waals surface area contributed by atoms with E-state index in [1.54, 1.807) is 19.2 Å². The number of ether oxygens (including phenoxy) is 1. The third-order valence-electron chi connectivity index (χ3n) is 4.46. The zero-order valence-corrected chi connectivity index (χ0v) is 17.4. The molecule has 2 aromatic rings. The van der Waals surface area contributed by atoms with Crippen LogP contribution in [0.1, 0.15) is 5.56 Å². The minimum atomic E-state index is -0.207. The smallest absolute Gasteiger partial charge is 0.191 e. The number of rotatable bonds is 6. The Morgan fingerprint density at radius 2 is 2.04 bits per heavy atom. The number of aliphatic imine (C=N–C) groups is 1. The molecule has 0 amide bonds. The van der Waals surface area contributed by atoms with E-state index in [0.717, 1.165) is 74.8 Å². The maximum atomic E-state index is 13.4. The molecule has 0 unspecified atom stereocenters. The number of hydrogen-bond acceptors (Lipinski definition) is 3. The van der Waals surface area contributed by atoms with Crippen LogP contribution in [-0.4, -0.2) is 68.8 Å². The molecule has 1 aliphatic heterocycles. The number of fused-ring (bicyclic) bond motifs is 1. The van der Waals surface area contributed by atoms with Crippen molar-refractivity contribution in [2.75, 3.05) is 53.0 Å². The van der Waals surface area contributed by atoms with Crippen LogP contribution in [0.25, 0.3) is 10.9 Å². The van der Waals surface area contributed by atoms with E-state index in [9.17, 15) is 4.39 Å². The normalized spacial score (nSPS) is 15.7. The van der Waals surface area contributed by atoms with E-state index in [0.29, 0.717) is 0 Å². The highest BCUT2D eigenvalue weighted by atomic mass is 127. The molecule has 1 saturated heterocycles. The molecule has 0 aliphatic carbocycles. The zero-order valence-electron chi connectivity index (χ0n) is 15.1. The van der Waals surface area contributed by atoms with E-state index in [1.165, 1.54) is 6.07 Å². The highest BCUT2D eigenvalue weighted by Gasteiger charge is 2.10. The lowest BCUT2D eigenvalue weighted by Crippen LogP contribution is -2.44. The molecule has 6 nitrogen and oxygen atoms in total. The SMILES string of the molecule is CN=C(NCCc1c[nH]c2ccc(F)cc12)NCCN1CCOCC1.I. The fraction of sp³-hybridized carbons (Fsp3) is 0.500. The maximum absolute atomic E-state index is 13.4. The van der Waals surface area contributed by atoms with Crippen molar-refractivity contribution in [2.24, 2.45) is 4.99 Å². The van der Waals surface area contributed by atoms with E-state index in [1.807, 2.05) is 6.20 Å². The first-order valence-electron chi connectivity index (χ1n) is 8.76. The van der Waals surface area contributed by atoms with Crippen molar-refractivity contribution in [1.82, 2.24) is 20.5 Å². The molecule has 26 heavy (non-hydrogen) atoms. The van der Waals surface area contributed by atoms with Crippen LogP contribution in [0.3, 0.4) is 0 Å². The summed E-state index contributed by atoms with van der Waals surface area (Å²) in [5.41, 5.74) is 2.06.